The van der Waals surface area contributed by atoms with E-state index in [1.165, 1.54) is 31.0 Å². The zero-order valence-corrected chi connectivity index (χ0v) is 23.6. The van der Waals surface area contributed by atoms with Gasteiger partial charge in [0.15, 0.2) is 0 Å². The summed E-state index contributed by atoms with van der Waals surface area (Å²) >= 11 is 15.2. The Morgan fingerprint density at radius 2 is 1.39 bits per heavy atom. The van der Waals surface area contributed by atoms with E-state index in [0.717, 1.165) is 18.5 Å². The van der Waals surface area contributed by atoms with Crippen LogP contribution in [0.5, 0.6) is 0 Å². The van der Waals surface area contributed by atoms with Gasteiger partial charge >= 0.3 is 0 Å². The van der Waals surface area contributed by atoms with E-state index in [9.17, 15) is 0 Å². The van der Waals surface area contributed by atoms with Gasteiger partial charge in [-0.2, -0.15) is 0 Å². The summed E-state index contributed by atoms with van der Waals surface area (Å²) in [6.07, 6.45) is 0.738. The Hall–Kier alpha value is -2.37. The Morgan fingerprint density at radius 3 is 2.14 bits per heavy atom. The average Bonchev–Trinajstić information content (AvgIpc) is 2.90. The molecule has 5 aromatic rings. The lowest BCUT2D eigenvalue weighted by Crippen LogP contribution is -2.46. The SMILES string of the molecule is CN(Cc1ccccc1)C(Cc1ccc(Cl)c(Cl)c1)(c1ccc(I)cc1)c1cccc2ccccc12. The third-order valence-corrected chi connectivity index (χ3v) is 8.37. The molecule has 1 nitrogen and oxygen atoms in total. The van der Waals surface area contributed by atoms with Crippen LogP contribution in [0, 0.1) is 3.57 Å². The van der Waals surface area contributed by atoms with Gasteiger partial charge in [0.05, 0.1) is 15.6 Å². The molecule has 0 saturated carbocycles. The van der Waals surface area contributed by atoms with Crippen LogP contribution in [0.4, 0.5) is 0 Å². The summed E-state index contributed by atoms with van der Waals surface area (Å²) in [4.78, 5) is 2.48. The van der Waals surface area contributed by atoms with Crippen LogP contribution in [0.3, 0.4) is 0 Å². The molecule has 1 atom stereocenters. The van der Waals surface area contributed by atoms with Crippen LogP contribution in [0.1, 0.15) is 22.3 Å². The fourth-order valence-electron chi connectivity index (χ4n) is 5.16. The van der Waals surface area contributed by atoms with Crippen molar-refractivity contribution in [3.05, 3.63) is 151 Å². The Labute approximate surface area is 236 Å². The minimum Gasteiger partial charge on any atom is -0.288 e. The summed E-state index contributed by atoms with van der Waals surface area (Å²) < 4.78 is 1.21. The molecule has 0 aromatic heterocycles. The van der Waals surface area contributed by atoms with E-state index in [1.54, 1.807) is 0 Å². The van der Waals surface area contributed by atoms with Crippen molar-refractivity contribution in [2.45, 2.75) is 18.5 Å². The molecule has 0 amide bonds. The van der Waals surface area contributed by atoms with Gasteiger partial charge in [-0.3, -0.25) is 4.90 Å². The second-order valence-corrected chi connectivity index (χ2v) is 11.2. The Balaban J connectivity index is 1.79. The van der Waals surface area contributed by atoms with Crippen molar-refractivity contribution >= 4 is 56.6 Å². The number of nitrogens with zero attached hydrogens (tertiary/aromatic N) is 1. The van der Waals surface area contributed by atoms with Gasteiger partial charge in [0, 0.05) is 10.1 Å². The zero-order valence-electron chi connectivity index (χ0n) is 20.0. The molecular formula is C32H26Cl2IN. The molecule has 0 fully saturated rings. The van der Waals surface area contributed by atoms with Gasteiger partial charge in [0.2, 0.25) is 0 Å². The van der Waals surface area contributed by atoms with Gasteiger partial charge in [-0.25, -0.2) is 0 Å². The molecule has 180 valence electrons. The molecule has 5 rings (SSSR count). The van der Waals surface area contributed by atoms with Crippen LogP contribution in [0.2, 0.25) is 10.0 Å². The van der Waals surface area contributed by atoms with Crippen molar-refractivity contribution in [1.82, 2.24) is 4.90 Å². The first-order chi connectivity index (χ1) is 17.5. The van der Waals surface area contributed by atoms with Crippen LogP contribution in [-0.2, 0) is 18.5 Å². The highest BCUT2D eigenvalue weighted by molar-refractivity contribution is 14.1. The van der Waals surface area contributed by atoms with Crippen LogP contribution < -0.4 is 0 Å². The highest BCUT2D eigenvalue weighted by atomic mass is 127. The molecule has 0 bridgehead atoms. The maximum absolute atomic E-state index is 6.51. The predicted molar refractivity (Wildman–Crippen MR) is 162 cm³/mol. The number of likely N-dealkylation sites (N-methyl/N-ethyl adjacent to an activating group) is 1. The third-order valence-electron chi connectivity index (χ3n) is 6.92. The first-order valence-corrected chi connectivity index (χ1v) is 13.7. The fraction of sp³-hybridized carbons (Fsp3) is 0.125. The first-order valence-electron chi connectivity index (χ1n) is 11.9. The standard InChI is InChI=1S/C32H26Cl2IN/c1-36(22-23-8-3-2-4-9-23)32(26-15-17-27(35)18-16-26,21-24-14-19-30(33)31(34)20-24)29-13-7-11-25-10-5-6-12-28(25)29/h2-20H,21-22H2,1H3. The van der Waals surface area contributed by atoms with Gasteiger partial charge < -0.3 is 0 Å². The number of rotatable bonds is 7. The largest absolute Gasteiger partial charge is 0.288 e. The van der Waals surface area contributed by atoms with Crippen molar-refractivity contribution in [1.29, 1.82) is 0 Å². The minimum absolute atomic E-state index is 0.460. The van der Waals surface area contributed by atoms with Crippen molar-refractivity contribution in [2.75, 3.05) is 7.05 Å². The molecule has 4 heteroatoms. The van der Waals surface area contributed by atoms with Crippen LogP contribution in [-0.4, -0.2) is 11.9 Å². The lowest BCUT2D eigenvalue weighted by Gasteiger charge is -2.44. The van der Waals surface area contributed by atoms with Crippen molar-refractivity contribution in [3.8, 4) is 0 Å². The van der Waals surface area contributed by atoms with E-state index in [1.807, 2.05) is 12.1 Å². The summed E-state index contributed by atoms with van der Waals surface area (Å²) in [6.45, 7) is 0.789. The molecule has 0 radical (unpaired) electrons. The molecule has 0 aliphatic carbocycles. The Morgan fingerprint density at radius 1 is 0.694 bits per heavy atom. The molecular weight excluding hydrogens is 596 g/mol. The summed E-state index contributed by atoms with van der Waals surface area (Å²) in [7, 11) is 2.23. The molecule has 5 aromatic carbocycles. The van der Waals surface area contributed by atoms with Gasteiger partial charge in [0.25, 0.3) is 0 Å². The summed E-state index contributed by atoms with van der Waals surface area (Å²) in [5.74, 6) is 0. The molecule has 0 saturated heterocycles. The molecule has 36 heavy (non-hydrogen) atoms. The first kappa shape index (κ1) is 25.3. The smallest absolute Gasteiger partial charge is 0.0762 e. The van der Waals surface area contributed by atoms with Crippen LogP contribution in [0.15, 0.2) is 115 Å². The number of hydrogen-bond donors (Lipinski definition) is 0. The topological polar surface area (TPSA) is 3.24 Å². The fourth-order valence-corrected chi connectivity index (χ4v) is 5.84. The highest BCUT2D eigenvalue weighted by Gasteiger charge is 2.40. The normalized spacial score (nSPS) is 13.1. The number of fused-ring (bicyclic) bond motifs is 1. The third kappa shape index (κ3) is 5.05. The van der Waals surface area contributed by atoms with Gasteiger partial charge in [-0.1, -0.05) is 114 Å². The average molecular weight is 622 g/mol. The number of halogens is 3. The lowest BCUT2D eigenvalue weighted by molar-refractivity contribution is 0.151. The van der Waals surface area contributed by atoms with Crippen LogP contribution in [0.25, 0.3) is 10.8 Å². The van der Waals surface area contributed by atoms with E-state index < -0.39 is 5.54 Å². The molecule has 0 aliphatic rings. The van der Waals surface area contributed by atoms with E-state index in [2.05, 4.69) is 138 Å². The van der Waals surface area contributed by atoms with Crippen molar-refractivity contribution in [3.63, 3.8) is 0 Å². The quantitative estimate of drug-likeness (QED) is 0.164. The maximum atomic E-state index is 6.51. The zero-order chi connectivity index (χ0) is 25.1. The monoisotopic (exact) mass is 621 g/mol. The second-order valence-electron chi connectivity index (χ2n) is 9.16. The molecule has 0 spiro atoms. The molecule has 0 aliphatic heterocycles. The van der Waals surface area contributed by atoms with Gasteiger partial charge in [-0.05, 0) is 93.4 Å². The molecule has 0 N–H and O–H groups in total. The Bertz CT molecular complexity index is 1480. The van der Waals surface area contributed by atoms with Gasteiger partial charge in [-0.15, -0.1) is 0 Å². The second kappa shape index (κ2) is 10.9. The van der Waals surface area contributed by atoms with Crippen LogP contribution >= 0.6 is 45.8 Å². The van der Waals surface area contributed by atoms with E-state index in [0.29, 0.717) is 10.0 Å². The predicted octanol–water partition coefficient (Wildman–Crippen LogP) is 9.37. The summed E-state index contributed by atoms with van der Waals surface area (Å²) in [5.41, 5.74) is 4.45. The minimum atomic E-state index is -0.460. The van der Waals surface area contributed by atoms with Gasteiger partial charge in [0.1, 0.15) is 0 Å². The highest BCUT2D eigenvalue weighted by Crippen LogP contribution is 2.43. The van der Waals surface area contributed by atoms with Crippen molar-refractivity contribution < 1.29 is 0 Å². The van der Waals surface area contributed by atoms with Crippen molar-refractivity contribution in [2.24, 2.45) is 0 Å². The molecule has 0 heterocycles. The Kier molecular flexibility index (Phi) is 7.68. The number of hydrogen-bond acceptors (Lipinski definition) is 1. The number of benzene rings is 5. The lowest BCUT2D eigenvalue weighted by atomic mass is 9.75. The summed E-state index contributed by atoms with van der Waals surface area (Å²) in [5, 5.41) is 3.63. The van der Waals surface area contributed by atoms with E-state index >= 15 is 0 Å². The summed E-state index contributed by atoms with van der Waals surface area (Å²) in [6, 6.07) is 40.9. The van der Waals surface area contributed by atoms with E-state index in [-0.39, 0.29) is 0 Å². The van der Waals surface area contributed by atoms with E-state index in [4.69, 9.17) is 23.2 Å². The maximum Gasteiger partial charge on any atom is 0.0762 e. The molecule has 1 unspecified atom stereocenters.